The maximum absolute atomic E-state index is 11.6. The smallest absolute Gasteiger partial charge is 0.337 e. The first-order chi connectivity index (χ1) is 14.1. The van der Waals surface area contributed by atoms with Crippen molar-refractivity contribution in [3.63, 3.8) is 0 Å². The number of aromatic amines is 1. The Hall–Kier alpha value is -4.00. The van der Waals surface area contributed by atoms with Gasteiger partial charge in [0, 0.05) is 16.5 Å². The number of aromatic nitrogens is 3. The Morgan fingerprint density at radius 1 is 0.759 bits per heavy atom. The summed E-state index contributed by atoms with van der Waals surface area (Å²) < 4.78 is 9.44. The molecule has 0 fully saturated rings. The molecule has 0 aliphatic heterocycles. The summed E-state index contributed by atoms with van der Waals surface area (Å²) in [6.45, 7) is 0. The van der Waals surface area contributed by atoms with Crippen LogP contribution in [0.15, 0.2) is 60.7 Å². The highest BCUT2D eigenvalue weighted by molar-refractivity contribution is 5.94. The summed E-state index contributed by atoms with van der Waals surface area (Å²) in [5, 5.41) is 8.20. The highest BCUT2D eigenvalue weighted by Gasteiger charge is 2.12. The molecule has 29 heavy (non-hydrogen) atoms. The third-order valence-electron chi connectivity index (χ3n) is 4.61. The van der Waals surface area contributed by atoms with Crippen LogP contribution >= 0.6 is 0 Å². The molecule has 0 unspecified atom stereocenters. The second-order valence-corrected chi connectivity index (χ2v) is 6.30. The van der Waals surface area contributed by atoms with Crippen molar-refractivity contribution in [3.8, 4) is 22.5 Å². The average Bonchev–Trinajstić information content (AvgIpc) is 3.21. The second kappa shape index (κ2) is 7.55. The Bertz CT molecular complexity index is 1200. The molecule has 0 saturated heterocycles. The zero-order valence-electron chi connectivity index (χ0n) is 15.8. The van der Waals surface area contributed by atoms with Crippen molar-refractivity contribution in [1.29, 1.82) is 0 Å². The first-order valence-electron chi connectivity index (χ1n) is 8.83. The maximum Gasteiger partial charge on any atom is 0.337 e. The molecule has 0 radical (unpaired) electrons. The number of H-pyrrole nitrogens is 1. The molecule has 0 aliphatic rings. The van der Waals surface area contributed by atoms with Gasteiger partial charge in [-0.15, -0.1) is 0 Å². The number of fused-ring (bicyclic) bond motifs is 1. The lowest BCUT2D eigenvalue weighted by Gasteiger charge is -2.04. The van der Waals surface area contributed by atoms with Gasteiger partial charge in [-0.1, -0.05) is 24.3 Å². The molecule has 4 aromatic rings. The van der Waals surface area contributed by atoms with Crippen molar-refractivity contribution >= 4 is 23.0 Å². The van der Waals surface area contributed by atoms with Gasteiger partial charge in [-0.05, 0) is 36.4 Å². The quantitative estimate of drug-likeness (QED) is 0.534. The van der Waals surface area contributed by atoms with Crippen LogP contribution in [0.5, 0.6) is 0 Å². The van der Waals surface area contributed by atoms with Gasteiger partial charge >= 0.3 is 11.9 Å². The van der Waals surface area contributed by atoms with E-state index in [1.54, 1.807) is 24.3 Å². The third kappa shape index (κ3) is 3.45. The van der Waals surface area contributed by atoms with Gasteiger partial charge in [-0.3, -0.25) is 5.10 Å². The summed E-state index contributed by atoms with van der Waals surface area (Å²) in [5.74, 6) is -0.760. The number of benzene rings is 2. The van der Waals surface area contributed by atoms with Gasteiger partial charge in [0.05, 0.1) is 31.0 Å². The van der Waals surface area contributed by atoms with Crippen LogP contribution in [0.25, 0.3) is 33.5 Å². The zero-order chi connectivity index (χ0) is 20.4. The van der Waals surface area contributed by atoms with Crippen molar-refractivity contribution in [2.75, 3.05) is 14.2 Å². The average molecular weight is 387 g/mol. The second-order valence-electron chi connectivity index (χ2n) is 6.30. The number of hydrogen-bond acceptors (Lipinski definition) is 6. The van der Waals surface area contributed by atoms with Crippen LogP contribution in [0.4, 0.5) is 0 Å². The standard InChI is InChI=1S/C22H17N3O4/c1-28-21(26)15-7-3-13(4-8-15)18-12-11-17-19(24-25-20(17)23-18)14-5-9-16(10-6-14)22(27)29-2/h3-12H,1-2H3,(H,23,24,25). The topological polar surface area (TPSA) is 94.2 Å². The highest BCUT2D eigenvalue weighted by Crippen LogP contribution is 2.28. The summed E-state index contributed by atoms with van der Waals surface area (Å²) in [7, 11) is 2.70. The Morgan fingerprint density at radius 2 is 1.31 bits per heavy atom. The van der Waals surface area contributed by atoms with Crippen molar-refractivity contribution in [1.82, 2.24) is 15.2 Å². The van der Waals surface area contributed by atoms with Gasteiger partial charge < -0.3 is 9.47 Å². The van der Waals surface area contributed by atoms with Crippen molar-refractivity contribution in [2.45, 2.75) is 0 Å². The van der Waals surface area contributed by atoms with Crippen molar-refractivity contribution in [3.05, 3.63) is 71.8 Å². The number of nitrogens with zero attached hydrogens (tertiary/aromatic N) is 2. The van der Waals surface area contributed by atoms with Gasteiger partial charge in [-0.25, -0.2) is 14.6 Å². The summed E-state index contributed by atoms with van der Waals surface area (Å²) in [4.78, 5) is 27.8. The minimum Gasteiger partial charge on any atom is -0.465 e. The number of rotatable bonds is 4. The Balaban J connectivity index is 1.65. The fraction of sp³-hybridized carbons (Fsp3) is 0.0909. The Morgan fingerprint density at radius 3 is 1.86 bits per heavy atom. The van der Waals surface area contributed by atoms with E-state index in [-0.39, 0.29) is 11.9 Å². The molecule has 2 heterocycles. The normalized spacial score (nSPS) is 10.7. The number of ether oxygens (including phenoxy) is 2. The van der Waals surface area contributed by atoms with Crippen molar-refractivity contribution in [2.24, 2.45) is 0 Å². The molecule has 7 nitrogen and oxygen atoms in total. The highest BCUT2D eigenvalue weighted by atomic mass is 16.5. The van der Waals surface area contributed by atoms with Crippen molar-refractivity contribution < 1.29 is 19.1 Å². The van der Waals surface area contributed by atoms with Crippen LogP contribution in [0.1, 0.15) is 20.7 Å². The minimum absolute atomic E-state index is 0.378. The molecule has 7 heteroatoms. The lowest BCUT2D eigenvalue weighted by molar-refractivity contribution is 0.0592. The molecule has 0 bridgehead atoms. The maximum atomic E-state index is 11.6. The molecule has 0 saturated carbocycles. The number of carbonyl (C=O) groups is 2. The molecule has 0 atom stereocenters. The van der Waals surface area contributed by atoms with Crippen LogP contribution in [0.2, 0.25) is 0 Å². The minimum atomic E-state index is -0.382. The van der Waals surface area contributed by atoms with Gasteiger partial charge in [0.15, 0.2) is 5.65 Å². The first-order valence-corrected chi connectivity index (χ1v) is 8.83. The molecule has 2 aromatic heterocycles. The van der Waals surface area contributed by atoms with E-state index >= 15 is 0 Å². The number of carbonyl (C=O) groups excluding carboxylic acids is 2. The van der Waals surface area contributed by atoms with Crippen LogP contribution < -0.4 is 0 Å². The first kappa shape index (κ1) is 18.4. The number of hydrogen-bond donors (Lipinski definition) is 1. The van der Waals surface area contributed by atoms with Crippen LogP contribution in [0.3, 0.4) is 0 Å². The van der Waals surface area contributed by atoms with E-state index in [4.69, 9.17) is 9.47 Å². The fourth-order valence-corrected chi connectivity index (χ4v) is 3.06. The van der Waals surface area contributed by atoms with Crippen LogP contribution in [-0.2, 0) is 9.47 Å². The summed E-state index contributed by atoms with van der Waals surface area (Å²) in [6, 6.07) is 17.9. The molecular formula is C22H17N3O4. The number of nitrogens with one attached hydrogen (secondary N) is 1. The monoisotopic (exact) mass is 387 g/mol. The van der Waals surface area contributed by atoms with E-state index in [1.165, 1.54) is 14.2 Å². The van der Waals surface area contributed by atoms with E-state index in [0.717, 1.165) is 27.9 Å². The van der Waals surface area contributed by atoms with E-state index in [2.05, 4.69) is 15.2 Å². The predicted molar refractivity (Wildman–Crippen MR) is 107 cm³/mol. The third-order valence-corrected chi connectivity index (χ3v) is 4.61. The van der Waals surface area contributed by atoms with Gasteiger partial charge in [0.2, 0.25) is 0 Å². The molecule has 144 valence electrons. The number of methoxy groups -OCH3 is 2. The molecule has 0 amide bonds. The SMILES string of the molecule is COC(=O)c1ccc(-c2ccc3c(-c4ccc(C(=O)OC)cc4)n[nH]c3n2)cc1. The molecule has 0 spiro atoms. The Kier molecular flexibility index (Phi) is 4.78. The molecular weight excluding hydrogens is 370 g/mol. The largest absolute Gasteiger partial charge is 0.465 e. The van der Waals surface area contributed by atoms with Gasteiger partial charge in [0.25, 0.3) is 0 Å². The van der Waals surface area contributed by atoms with E-state index < -0.39 is 0 Å². The van der Waals surface area contributed by atoms with E-state index in [1.807, 2.05) is 36.4 Å². The van der Waals surface area contributed by atoms with E-state index in [0.29, 0.717) is 16.8 Å². The zero-order valence-corrected chi connectivity index (χ0v) is 15.8. The fourth-order valence-electron chi connectivity index (χ4n) is 3.06. The lowest BCUT2D eigenvalue weighted by Crippen LogP contribution is -2.00. The molecule has 4 rings (SSSR count). The number of esters is 2. The molecule has 1 N–H and O–H groups in total. The number of pyridine rings is 1. The summed E-state index contributed by atoms with van der Waals surface area (Å²) in [6.07, 6.45) is 0. The summed E-state index contributed by atoms with van der Waals surface area (Å²) in [5.41, 5.74) is 4.84. The lowest BCUT2D eigenvalue weighted by atomic mass is 10.1. The van der Waals surface area contributed by atoms with Gasteiger partial charge in [-0.2, -0.15) is 5.10 Å². The predicted octanol–water partition coefficient (Wildman–Crippen LogP) is 3.87. The Labute approximate surface area is 166 Å². The van der Waals surface area contributed by atoms with Gasteiger partial charge in [0.1, 0.15) is 5.69 Å². The van der Waals surface area contributed by atoms with E-state index in [9.17, 15) is 9.59 Å². The summed E-state index contributed by atoms with van der Waals surface area (Å²) >= 11 is 0. The van der Waals surface area contributed by atoms with Crippen LogP contribution in [-0.4, -0.2) is 41.3 Å². The molecule has 2 aromatic carbocycles. The van der Waals surface area contributed by atoms with Crippen LogP contribution in [0, 0.1) is 0 Å². The molecule has 0 aliphatic carbocycles.